The topological polar surface area (TPSA) is 79.4 Å². The summed E-state index contributed by atoms with van der Waals surface area (Å²) in [5, 5.41) is 10.8. The molecule has 0 aliphatic rings. The van der Waals surface area contributed by atoms with Gasteiger partial charge in [0, 0.05) is 11.6 Å². The van der Waals surface area contributed by atoms with Crippen LogP contribution in [0.2, 0.25) is 0 Å². The molecule has 0 radical (unpaired) electrons. The number of rotatable bonds is 3. The van der Waals surface area contributed by atoms with Crippen LogP contribution in [-0.4, -0.2) is 24.5 Å². The lowest BCUT2D eigenvalue weighted by Crippen LogP contribution is -1.99. The van der Waals surface area contributed by atoms with Gasteiger partial charge < -0.3 is 5.32 Å². The van der Waals surface area contributed by atoms with Crippen LogP contribution in [0, 0.1) is 18.6 Å². The summed E-state index contributed by atoms with van der Waals surface area (Å²) in [5.41, 5.74) is 2.05. The van der Waals surface area contributed by atoms with E-state index >= 15 is 0 Å². The Morgan fingerprint density at radius 3 is 2.75 bits per heavy atom. The first-order chi connectivity index (χ1) is 13.6. The minimum absolute atomic E-state index is 0.122. The first-order valence-electron chi connectivity index (χ1n) is 8.39. The number of aromatic amines is 1. The molecule has 0 saturated heterocycles. The Morgan fingerprint density at radius 1 is 1.04 bits per heavy atom. The SMILES string of the molecule is Cc1ccccc1-c1nc(Nc2n[nH]c3c(F)cc(F)cc23)c2cnsc2n1. The van der Waals surface area contributed by atoms with E-state index in [-0.39, 0.29) is 11.3 Å². The van der Waals surface area contributed by atoms with E-state index in [1.165, 1.54) is 17.6 Å². The monoisotopic (exact) mass is 394 g/mol. The van der Waals surface area contributed by atoms with Crippen molar-refractivity contribution in [3.05, 3.63) is 59.8 Å². The van der Waals surface area contributed by atoms with Gasteiger partial charge in [0.1, 0.15) is 22.0 Å². The largest absolute Gasteiger partial charge is 0.322 e. The summed E-state index contributed by atoms with van der Waals surface area (Å²) in [6, 6.07) is 9.82. The first-order valence-corrected chi connectivity index (χ1v) is 9.16. The number of anilines is 2. The minimum Gasteiger partial charge on any atom is -0.322 e. The Bertz CT molecular complexity index is 1340. The molecule has 0 aliphatic carbocycles. The van der Waals surface area contributed by atoms with Gasteiger partial charge in [-0.15, -0.1) is 0 Å². The van der Waals surface area contributed by atoms with Gasteiger partial charge in [-0.3, -0.25) is 5.10 Å². The quantitative estimate of drug-likeness (QED) is 0.452. The third-order valence-electron chi connectivity index (χ3n) is 4.44. The van der Waals surface area contributed by atoms with Gasteiger partial charge in [-0.25, -0.2) is 18.7 Å². The zero-order valence-electron chi connectivity index (χ0n) is 14.5. The molecule has 0 fully saturated rings. The van der Waals surface area contributed by atoms with Gasteiger partial charge in [0.05, 0.1) is 17.0 Å². The number of fused-ring (bicyclic) bond motifs is 2. The Labute approximate surface area is 161 Å². The maximum atomic E-state index is 14.0. The van der Waals surface area contributed by atoms with Crippen molar-refractivity contribution in [1.82, 2.24) is 24.5 Å². The Morgan fingerprint density at radius 2 is 1.89 bits per heavy atom. The maximum Gasteiger partial charge on any atom is 0.163 e. The predicted molar refractivity (Wildman–Crippen MR) is 105 cm³/mol. The molecular weight excluding hydrogens is 382 g/mol. The van der Waals surface area contributed by atoms with Gasteiger partial charge in [-0.2, -0.15) is 9.47 Å². The van der Waals surface area contributed by atoms with Crippen molar-refractivity contribution in [2.75, 3.05) is 5.32 Å². The molecule has 6 nitrogen and oxygen atoms in total. The summed E-state index contributed by atoms with van der Waals surface area (Å²) < 4.78 is 31.8. The molecule has 138 valence electrons. The molecule has 0 atom stereocenters. The third-order valence-corrected chi connectivity index (χ3v) is 5.14. The molecule has 2 aromatic carbocycles. The lowest BCUT2D eigenvalue weighted by atomic mass is 10.1. The van der Waals surface area contributed by atoms with Gasteiger partial charge in [0.25, 0.3) is 0 Å². The molecule has 0 bridgehead atoms. The zero-order chi connectivity index (χ0) is 19.3. The molecule has 9 heteroatoms. The molecule has 5 aromatic rings. The molecule has 0 saturated carbocycles. The normalized spacial score (nSPS) is 11.4. The first kappa shape index (κ1) is 16.7. The van der Waals surface area contributed by atoms with Gasteiger partial charge in [0.2, 0.25) is 0 Å². The van der Waals surface area contributed by atoms with Crippen molar-refractivity contribution in [2.24, 2.45) is 0 Å². The van der Waals surface area contributed by atoms with Crippen molar-refractivity contribution in [1.29, 1.82) is 0 Å². The van der Waals surface area contributed by atoms with Crippen LogP contribution in [0.25, 0.3) is 32.5 Å². The molecule has 5 rings (SSSR count). The Hall–Kier alpha value is -3.46. The summed E-state index contributed by atoms with van der Waals surface area (Å²) >= 11 is 1.25. The zero-order valence-corrected chi connectivity index (χ0v) is 15.3. The van der Waals surface area contributed by atoms with E-state index < -0.39 is 11.6 Å². The molecule has 0 spiro atoms. The number of nitrogens with zero attached hydrogens (tertiary/aromatic N) is 4. The summed E-state index contributed by atoms with van der Waals surface area (Å²) in [6.45, 7) is 1.98. The van der Waals surface area contributed by atoms with Gasteiger partial charge in [-0.1, -0.05) is 24.3 Å². The summed E-state index contributed by atoms with van der Waals surface area (Å²) in [4.78, 5) is 9.94. The second-order valence-electron chi connectivity index (χ2n) is 6.26. The second kappa shape index (κ2) is 6.31. The average Bonchev–Trinajstić information content (AvgIpc) is 3.29. The standard InChI is InChI=1S/C19H12F2N6S/c1-9-4-2-3-5-11(9)16-23-17(13-8-22-28-19(13)25-16)24-18-12-6-10(20)7-14(21)15(12)26-27-18/h2-8H,1H3,(H2,23,24,25,26,27). The Balaban J connectivity index is 1.67. The van der Waals surface area contributed by atoms with E-state index in [4.69, 9.17) is 0 Å². The van der Waals surface area contributed by atoms with Crippen LogP contribution in [0.5, 0.6) is 0 Å². The van der Waals surface area contributed by atoms with E-state index in [9.17, 15) is 8.78 Å². The fourth-order valence-electron chi connectivity index (χ4n) is 3.06. The van der Waals surface area contributed by atoms with Gasteiger partial charge in [0.15, 0.2) is 17.5 Å². The van der Waals surface area contributed by atoms with Crippen molar-refractivity contribution in [3.63, 3.8) is 0 Å². The van der Waals surface area contributed by atoms with E-state index in [2.05, 4.69) is 29.9 Å². The minimum atomic E-state index is -0.707. The van der Waals surface area contributed by atoms with Crippen molar-refractivity contribution >= 4 is 44.3 Å². The lowest BCUT2D eigenvalue weighted by Gasteiger charge is -2.09. The molecule has 3 heterocycles. The number of hydrogen-bond donors (Lipinski definition) is 2. The summed E-state index contributed by atoms with van der Waals surface area (Å²) in [5.74, 6) is -0.110. The number of nitrogens with one attached hydrogen (secondary N) is 2. The van der Waals surface area contributed by atoms with Crippen LogP contribution in [0.1, 0.15) is 5.56 Å². The fraction of sp³-hybridized carbons (Fsp3) is 0.0526. The highest BCUT2D eigenvalue weighted by molar-refractivity contribution is 7.12. The molecule has 28 heavy (non-hydrogen) atoms. The highest BCUT2D eigenvalue weighted by atomic mass is 32.1. The van der Waals surface area contributed by atoms with Crippen molar-refractivity contribution < 1.29 is 8.78 Å². The van der Waals surface area contributed by atoms with E-state index in [0.717, 1.165) is 17.2 Å². The smallest absolute Gasteiger partial charge is 0.163 e. The van der Waals surface area contributed by atoms with Crippen LogP contribution < -0.4 is 5.32 Å². The van der Waals surface area contributed by atoms with Crippen LogP contribution in [-0.2, 0) is 0 Å². The molecule has 0 amide bonds. The van der Waals surface area contributed by atoms with Crippen LogP contribution in [0.4, 0.5) is 20.4 Å². The molecule has 3 aromatic heterocycles. The lowest BCUT2D eigenvalue weighted by molar-refractivity contribution is 0.590. The van der Waals surface area contributed by atoms with E-state index in [1.54, 1.807) is 6.20 Å². The predicted octanol–water partition coefficient (Wildman–Crippen LogP) is 4.96. The molecule has 2 N–H and O–H groups in total. The number of H-pyrrole nitrogens is 1. The highest BCUT2D eigenvalue weighted by Crippen LogP contribution is 2.32. The van der Waals surface area contributed by atoms with E-state index in [1.807, 2.05) is 31.2 Å². The second-order valence-corrected chi connectivity index (χ2v) is 7.04. The third kappa shape index (κ3) is 2.67. The fourth-order valence-corrected chi connectivity index (χ4v) is 3.69. The number of benzene rings is 2. The number of aromatic nitrogens is 5. The Kier molecular flexibility index (Phi) is 3.76. The summed E-state index contributed by atoms with van der Waals surface area (Å²) in [7, 11) is 0. The van der Waals surface area contributed by atoms with Crippen molar-refractivity contribution in [3.8, 4) is 11.4 Å². The number of aryl methyl sites for hydroxylation is 1. The average molecular weight is 394 g/mol. The highest BCUT2D eigenvalue weighted by Gasteiger charge is 2.16. The summed E-state index contributed by atoms with van der Waals surface area (Å²) in [6.07, 6.45) is 1.65. The van der Waals surface area contributed by atoms with Crippen molar-refractivity contribution in [2.45, 2.75) is 6.92 Å². The molecular formula is C19H12F2N6S. The van der Waals surface area contributed by atoms with Gasteiger partial charge >= 0.3 is 0 Å². The van der Waals surface area contributed by atoms with Crippen LogP contribution >= 0.6 is 11.5 Å². The van der Waals surface area contributed by atoms with Gasteiger partial charge in [-0.05, 0) is 30.1 Å². The molecule has 0 aliphatic heterocycles. The number of hydrogen-bond acceptors (Lipinski definition) is 6. The number of halogens is 2. The van der Waals surface area contributed by atoms with E-state index in [0.29, 0.717) is 27.2 Å². The maximum absolute atomic E-state index is 14.0. The molecule has 0 unspecified atom stereocenters. The van der Waals surface area contributed by atoms with Crippen LogP contribution in [0.3, 0.4) is 0 Å². The van der Waals surface area contributed by atoms with Crippen LogP contribution in [0.15, 0.2) is 42.6 Å².